The molecule has 1 aliphatic rings. The van der Waals surface area contributed by atoms with Gasteiger partial charge in [-0.2, -0.15) is 0 Å². The molecule has 0 bridgehead atoms. The highest BCUT2D eigenvalue weighted by Crippen LogP contribution is 2.30. The molecule has 3 aromatic carbocycles. The van der Waals surface area contributed by atoms with Crippen molar-refractivity contribution >= 4 is 23.2 Å². The standard InChI is InChI=1S/C29H27FN2O5/c1-36-23-13-11-18(12-14-23)26(32-29(35)20-7-3-8-21(30)16-20)19-6-4-9-22(17-19)31-15-5-10-24(33)25-27(34)28(25)37-2/h3-9,11-17,25-26,28,31H,10H2,1-2H3,(H,32,35). The number of benzene rings is 3. The summed E-state index contributed by atoms with van der Waals surface area (Å²) in [5.74, 6) is -1.24. The molecule has 4 rings (SSSR count). The van der Waals surface area contributed by atoms with Gasteiger partial charge in [0.1, 0.15) is 29.4 Å². The third-order valence-electron chi connectivity index (χ3n) is 6.10. The highest BCUT2D eigenvalue weighted by molar-refractivity contribution is 6.19. The minimum absolute atomic E-state index is 0.112. The summed E-state index contributed by atoms with van der Waals surface area (Å²) in [4.78, 5) is 36.6. The van der Waals surface area contributed by atoms with Gasteiger partial charge < -0.3 is 20.1 Å². The van der Waals surface area contributed by atoms with E-state index in [0.717, 1.165) is 16.8 Å². The van der Waals surface area contributed by atoms with Crippen molar-refractivity contribution in [1.82, 2.24) is 5.32 Å². The van der Waals surface area contributed by atoms with Crippen LogP contribution in [0.25, 0.3) is 0 Å². The predicted octanol–water partition coefficient (Wildman–Crippen LogP) is 4.45. The molecule has 37 heavy (non-hydrogen) atoms. The van der Waals surface area contributed by atoms with Crippen LogP contribution in [0.4, 0.5) is 10.1 Å². The fraction of sp³-hybridized carbons (Fsp3) is 0.207. The summed E-state index contributed by atoms with van der Waals surface area (Å²) in [6, 6.07) is 19.7. The first kappa shape index (κ1) is 25.8. The summed E-state index contributed by atoms with van der Waals surface area (Å²) in [6.45, 7) is 0. The number of carbonyl (C=O) groups excluding carboxylic acids is 3. The number of ether oxygens (including phenoxy) is 2. The average molecular weight is 503 g/mol. The van der Waals surface area contributed by atoms with Crippen molar-refractivity contribution in [1.29, 1.82) is 0 Å². The van der Waals surface area contributed by atoms with Crippen LogP contribution in [0.2, 0.25) is 0 Å². The fourth-order valence-electron chi connectivity index (χ4n) is 4.06. The molecule has 3 aromatic rings. The molecule has 2 N–H and O–H groups in total. The van der Waals surface area contributed by atoms with Gasteiger partial charge in [0.05, 0.1) is 13.2 Å². The van der Waals surface area contributed by atoms with Crippen molar-refractivity contribution in [3.8, 4) is 5.75 Å². The third kappa shape index (κ3) is 6.29. The molecular formula is C29H27FN2O5. The Morgan fingerprint density at radius 1 is 1.00 bits per heavy atom. The smallest absolute Gasteiger partial charge is 0.252 e. The second-order valence-corrected chi connectivity index (χ2v) is 8.57. The lowest BCUT2D eigenvalue weighted by atomic mass is 9.97. The molecule has 0 saturated heterocycles. The Bertz CT molecular complexity index is 1320. The summed E-state index contributed by atoms with van der Waals surface area (Å²) in [5, 5.41) is 6.11. The van der Waals surface area contributed by atoms with Crippen LogP contribution in [-0.4, -0.2) is 37.8 Å². The van der Waals surface area contributed by atoms with Crippen molar-refractivity contribution < 1.29 is 28.2 Å². The highest BCUT2D eigenvalue weighted by atomic mass is 19.1. The van der Waals surface area contributed by atoms with E-state index >= 15 is 0 Å². The Balaban J connectivity index is 1.50. The van der Waals surface area contributed by atoms with Gasteiger partial charge in [-0.3, -0.25) is 14.4 Å². The Hall–Kier alpha value is -4.30. The van der Waals surface area contributed by atoms with Crippen LogP contribution in [0.3, 0.4) is 0 Å². The molecule has 3 atom stereocenters. The number of ketones is 2. The SMILES string of the molecule is COc1ccc(C(NC(=O)c2cccc(F)c2)c2cccc(NC=CCC(=O)C3C(=O)C3OC)c2)cc1. The minimum atomic E-state index is -0.662. The molecule has 1 fully saturated rings. The van der Waals surface area contributed by atoms with E-state index in [0.29, 0.717) is 5.75 Å². The molecule has 0 spiro atoms. The van der Waals surface area contributed by atoms with Gasteiger partial charge in [0.25, 0.3) is 5.91 Å². The normalized spacial score (nSPS) is 17.3. The molecule has 1 aliphatic carbocycles. The molecule has 190 valence electrons. The Morgan fingerprint density at radius 3 is 2.43 bits per heavy atom. The van der Waals surface area contributed by atoms with Crippen molar-refractivity contribution in [3.05, 3.63) is 108 Å². The van der Waals surface area contributed by atoms with Gasteiger partial charge in [-0.1, -0.05) is 36.4 Å². The number of halogens is 1. The molecule has 0 aromatic heterocycles. The number of rotatable bonds is 11. The summed E-state index contributed by atoms with van der Waals surface area (Å²) in [7, 11) is 2.99. The van der Waals surface area contributed by atoms with E-state index in [1.165, 1.54) is 25.3 Å². The number of Topliss-reactive ketones (excluding diaryl/α,β-unsaturated/α-hetero) is 2. The highest BCUT2D eigenvalue weighted by Gasteiger charge is 2.54. The minimum Gasteiger partial charge on any atom is -0.497 e. The summed E-state index contributed by atoms with van der Waals surface area (Å²) in [6.07, 6.45) is 2.79. The lowest BCUT2D eigenvalue weighted by Gasteiger charge is -2.21. The first-order chi connectivity index (χ1) is 17.9. The molecule has 0 heterocycles. The fourth-order valence-corrected chi connectivity index (χ4v) is 4.06. The van der Waals surface area contributed by atoms with Gasteiger partial charge in [-0.15, -0.1) is 0 Å². The van der Waals surface area contributed by atoms with Gasteiger partial charge >= 0.3 is 0 Å². The second kappa shape index (κ2) is 11.6. The van der Waals surface area contributed by atoms with Crippen LogP contribution in [0.5, 0.6) is 5.75 Å². The number of anilines is 1. The van der Waals surface area contributed by atoms with Crippen LogP contribution in [0.15, 0.2) is 85.1 Å². The number of allylic oxidation sites excluding steroid dienone is 1. The zero-order valence-electron chi connectivity index (χ0n) is 20.4. The van der Waals surface area contributed by atoms with Crippen LogP contribution in [0, 0.1) is 11.7 Å². The molecule has 3 unspecified atom stereocenters. The van der Waals surface area contributed by atoms with Crippen molar-refractivity contribution in [2.24, 2.45) is 5.92 Å². The topological polar surface area (TPSA) is 93.7 Å². The zero-order valence-corrected chi connectivity index (χ0v) is 20.4. The largest absolute Gasteiger partial charge is 0.497 e. The number of nitrogens with one attached hydrogen (secondary N) is 2. The van der Waals surface area contributed by atoms with Gasteiger partial charge in [-0.05, 0) is 59.8 Å². The van der Waals surface area contributed by atoms with Crippen molar-refractivity contribution in [2.75, 3.05) is 19.5 Å². The van der Waals surface area contributed by atoms with Gasteiger partial charge in [-0.25, -0.2) is 4.39 Å². The molecule has 1 saturated carbocycles. The molecular weight excluding hydrogens is 475 g/mol. The van der Waals surface area contributed by atoms with Crippen molar-refractivity contribution in [3.63, 3.8) is 0 Å². The Kier molecular flexibility index (Phi) is 8.10. The molecule has 1 amide bonds. The average Bonchev–Trinajstić information content (AvgIpc) is 3.59. The predicted molar refractivity (Wildman–Crippen MR) is 137 cm³/mol. The van der Waals surface area contributed by atoms with E-state index in [2.05, 4.69) is 10.6 Å². The van der Waals surface area contributed by atoms with Crippen LogP contribution in [0.1, 0.15) is 33.9 Å². The van der Waals surface area contributed by atoms with Crippen LogP contribution < -0.4 is 15.4 Å². The number of amides is 1. The number of hydrogen-bond donors (Lipinski definition) is 2. The Morgan fingerprint density at radius 2 is 1.76 bits per heavy atom. The number of methoxy groups -OCH3 is 2. The second-order valence-electron chi connectivity index (χ2n) is 8.57. The maximum Gasteiger partial charge on any atom is 0.252 e. The first-order valence-corrected chi connectivity index (χ1v) is 11.7. The molecule has 7 nitrogen and oxygen atoms in total. The summed E-state index contributed by atoms with van der Waals surface area (Å²) < 4.78 is 23.9. The Labute approximate surface area is 214 Å². The zero-order chi connectivity index (χ0) is 26.4. The number of hydrogen-bond acceptors (Lipinski definition) is 6. The van der Waals surface area contributed by atoms with E-state index in [4.69, 9.17) is 9.47 Å². The molecule has 0 aliphatic heterocycles. The summed E-state index contributed by atoms with van der Waals surface area (Å²) in [5.41, 5.74) is 2.55. The first-order valence-electron chi connectivity index (χ1n) is 11.7. The van der Waals surface area contributed by atoms with E-state index in [1.807, 2.05) is 36.4 Å². The van der Waals surface area contributed by atoms with E-state index in [1.54, 1.807) is 37.6 Å². The molecule has 8 heteroatoms. The monoisotopic (exact) mass is 502 g/mol. The van der Waals surface area contributed by atoms with E-state index in [-0.39, 0.29) is 23.6 Å². The van der Waals surface area contributed by atoms with Gasteiger partial charge in [0.2, 0.25) is 0 Å². The maximum absolute atomic E-state index is 13.7. The van der Waals surface area contributed by atoms with Gasteiger partial charge in [0, 0.05) is 24.8 Å². The number of carbonyl (C=O) groups is 3. The lowest BCUT2D eigenvalue weighted by Crippen LogP contribution is -2.29. The maximum atomic E-state index is 13.7. The van der Waals surface area contributed by atoms with Crippen LogP contribution >= 0.6 is 0 Å². The lowest BCUT2D eigenvalue weighted by molar-refractivity contribution is -0.122. The van der Waals surface area contributed by atoms with Crippen molar-refractivity contribution in [2.45, 2.75) is 18.6 Å². The summed E-state index contributed by atoms with van der Waals surface area (Å²) >= 11 is 0. The quantitative estimate of drug-likeness (QED) is 0.376. The molecule has 0 radical (unpaired) electrons. The van der Waals surface area contributed by atoms with E-state index in [9.17, 15) is 18.8 Å². The van der Waals surface area contributed by atoms with Gasteiger partial charge in [0.15, 0.2) is 5.78 Å². The third-order valence-corrected chi connectivity index (χ3v) is 6.10. The van der Waals surface area contributed by atoms with E-state index < -0.39 is 29.8 Å². The van der Waals surface area contributed by atoms with Crippen LogP contribution in [-0.2, 0) is 14.3 Å².